The number of anilines is 2. The molecule has 0 bridgehead atoms. The van der Waals surface area contributed by atoms with Gasteiger partial charge < -0.3 is 25.2 Å². The van der Waals surface area contributed by atoms with Crippen LogP contribution in [0.1, 0.15) is 40.0 Å². The van der Waals surface area contributed by atoms with Crippen molar-refractivity contribution in [2.24, 2.45) is 0 Å². The number of hydrogen-bond acceptors (Lipinski definition) is 5. The molecule has 1 aliphatic heterocycles. The van der Waals surface area contributed by atoms with Crippen LogP contribution in [-0.2, 0) is 0 Å². The van der Waals surface area contributed by atoms with Crippen molar-refractivity contribution in [1.29, 1.82) is 0 Å². The highest BCUT2D eigenvalue weighted by Crippen LogP contribution is 2.30. The van der Waals surface area contributed by atoms with Crippen LogP contribution in [0.2, 0.25) is 0 Å². The number of phenols is 1. The van der Waals surface area contributed by atoms with Crippen LogP contribution in [0, 0.1) is 0 Å². The molecule has 0 aliphatic carbocycles. The predicted octanol–water partition coefficient (Wildman–Crippen LogP) is 5.01. The summed E-state index contributed by atoms with van der Waals surface area (Å²) in [7, 11) is 1.58. The first-order valence-corrected chi connectivity index (χ1v) is 10.9. The van der Waals surface area contributed by atoms with Gasteiger partial charge in [0, 0.05) is 18.8 Å². The summed E-state index contributed by atoms with van der Waals surface area (Å²) < 4.78 is 5.18. The first-order chi connectivity index (χ1) is 16.0. The smallest absolute Gasteiger partial charge is 0.337 e. The minimum atomic E-state index is -1.15. The normalized spacial score (nSPS) is 13.4. The second-order valence-electron chi connectivity index (χ2n) is 8.00. The van der Waals surface area contributed by atoms with Crippen LogP contribution in [0.3, 0.4) is 0 Å². The largest absolute Gasteiger partial charge is 0.507 e. The molecule has 170 valence electrons. The van der Waals surface area contributed by atoms with E-state index in [1.54, 1.807) is 31.4 Å². The van der Waals surface area contributed by atoms with E-state index < -0.39 is 11.9 Å². The molecule has 1 fully saturated rings. The van der Waals surface area contributed by atoms with Gasteiger partial charge in [-0.2, -0.15) is 0 Å². The van der Waals surface area contributed by atoms with E-state index in [0.717, 1.165) is 42.7 Å². The zero-order valence-electron chi connectivity index (χ0n) is 18.4. The lowest BCUT2D eigenvalue weighted by atomic mass is 10.0. The molecule has 7 nitrogen and oxygen atoms in total. The van der Waals surface area contributed by atoms with Gasteiger partial charge in [-0.1, -0.05) is 18.2 Å². The van der Waals surface area contributed by atoms with Gasteiger partial charge in [0.25, 0.3) is 5.91 Å². The Balaban J connectivity index is 1.64. The SMILES string of the molecule is COc1ccc(-c2ccc(C(=O)O)c(NC(=O)c3cc(N4CCCCC4)ccc3O)c2)cc1. The second-order valence-corrected chi connectivity index (χ2v) is 8.00. The van der Waals surface area contributed by atoms with Crippen molar-refractivity contribution in [2.75, 3.05) is 30.4 Å². The number of aromatic carboxylic acids is 1. The number of benzene rings is 3. The molecule has 1 saturated heterocycles. The summed E-state index contributed by atoms with van der Waals surface area (Å²) in [5.41, 5.74) is 2.67. The number of carboxylic acid groups (broad SMARTS) is 1. The molecule has 0 radical (unpaired) electrons. The fourth-order valence-electron chi connectivity index (χ4n) is 4.04. The number of ether oxygens (including phenoxy) is 1. The maximum absolute atomic E-state index is 13.1. The summed E-state index contributed by atoms with van der Waals surface area (Å²) in [6, 6.07) is 17.1. The number of piperidine rings is 1. The highest BCUT2D eigenvalue weighted by molar-refractivity contribution is 6.10. The topological polar surface area (TPSA) is 99.1 Å². The molecular formula is C26H26N2O5. The van der Waals surface area contributed by atoms with E-state index in [2.05, 4.69) is 10.2 Å². The van der Waals surface area contributed by atoms with Crippen molar-refractivity contribution in [1.82, 2.24) is 0 Å². The fraction of sp³-hybridized carbons (Fsp3) is 0.231. The number of aromatic hydroxyl groups is 1. The Kier molecular flexibility index (Phi) is 6.49. The van der Waals surface area contributed by atoms with Crippen LogP contribution in [0.4, 0.5) is 11.4 Å². The lowest BCUT2D eigenvalue weighted by Gasteiger charge is -2.29. The Morgan fingerprint density at radius 2 is 1.58 bits per heavy atom. The van der Waals surface area contributed by atoms with Gasteiger partial charge in [0.2, 0.25) is 0 Å². The number of hydrogen-bond donors (Lipinski definition) is 3. The molecule has 1 amide bonds. The Hall–Kier alpha value is -4.00. The van der Waals surface area contributed by atoms with Gasteiger partial charge in [0.05, 0.1) is 23.9 Å². The van der Waals surface area contributed by atoms with Gasteiger partial charge in [-0.3, -0.25) is 4.79 Å². The van der Waals surface area contributed by atoms with Crippen molar-refractivity contribution in [3.05, 3.63) is 71.8 Å². The Labute approximate surface area is 192 Å². The number of carbonyl (C=O) groups is 2. The van der Waals surface area contributed by atoms with E-state index in [0.29, 0.717) is 5.75 Å². The molecule has 3 aromatic carbocycles. The van der Waals surface area contributed by atoms with Crippen LogP contribution in [0.25, 0.3) is 11.1 Å². The summed E-state index contributed by atoms with van der Waals surface area (Å²) in [6.07, 6.45) is 3.36. The molecule has 4 rings (SSSR count). The van der Waals surface area contributed by atoms with Crippen LogP contribution in [0.5, 0.6) is 11.5 Å². The average molecular weight is 447 g/mol. The van der Waals surface area contributed by atoms with E-state index >= 15 is 0 Å². The van der Waals surface area contributed by atoms with E-state index in [9.17, 15) is 19.8 Å². The quantitative estimate of drug-likeness (QED) is 0.492. The molecule has 1 aliphatic rings. The molecule has 1 heterocycles. The maximum Gasteiger partial charge on any atom is 0.337 e. The number of phenolic OH excluding ortho intramolecular Hbond substituents is 1. The van der Waals surface area contributed by atoms with Gasteiger partial charge in [0.15, 0.2) is 0 Å². The number of rotatable bonds is 6. The summed E-state index contributed by atoms with van der Waals surface area (Å²) >= 11 is 0. The summed E-state index contributed by atoms with van der Waals surface area (Å²) in [6.45, 7) is 1.80. The lowest BCUT2D eigenvalue weighted by Crippen LogP contribution is -2.29. The molecular weight excluding hydrogens is 420 g/mol. The highest BCUT2D eigenvalue weighted by Gasteiger charge is 2.19. The van der Waals surface area contributed by atoms with Gasteiger partial charge in [-0.05, 0) is 72.9 Å². The molecule has 3 N–H and O–H groups in total. The molecule has 33 heavy (non-hydrogen) atoms. The van der Waals surface area contributed by atoms with Gasteiger partial charge >= 0.3 is 5.97 Å². The number of methoxy groups -OCH3 is 1. The summed E-state index contributed by atoms with van der Waals surface area (Å²) in [5.74, 6) is -1.17. The third-order valence-electron chi connectivity index (χ3n) is 5.87. The standard InChI is InChI=1S/C26H26N2O5/c1-33-20-9-5-17(6-10-20)18-7-11-21(26(31)32)23(15-18)27-25(30)22-16-19(8-12-24(22)29)28-13-3-2-4-14-28/h5-12,15-16,29H,2-4,13-14H2,1H3,(H,27,30)(H,31,32). The Bertz CT molecular complexity index is 1170. The minimum absolute atomic E-state index is 0.0349. The average Bonchev–Trinajstić information content (AvgIpc) is 2.84. The van der Waals surface area contributed by atoms with E-state index in [1.807, 2.05) is 24.3 Å². The lowest BCUT2D eigenvalue weighted by molar-refractivity contribution is 0.0698. The Morgan fingerprint density at radius 1 is 0.879 bits per heavy atom. The second kappa shape index (κ2) is 9.65. The number of carbonyl (C=O) groups excluding carboxylic acids is 1. The van der Waals surface area contributed by atoms with E-state index in [1.165, 1.54) is 18.6 Å². The molecule has 0 aromatic heterocycles. The molecule has 0 unspecified atom stereocenters. The van der Waals surface area contributed by atoms with Gasteiger partial charge in [0.1, 0.15) is 11.5 Å². The van der Waals surface area contributed by atoms with Crippen molar-refractivity contribution < 1.29 is 24.5 Å². The summed E-state index contributed by atoms with van der Waals surface area (Å²) in [5, 5.41) is 22.6. The van der Waals surface area contributed by atoms with Crippen LogP contribution in [-0.4, -0.2) is 42.3 Å². The third-order valence-corrected chi connectivity index (χ3v) is 5.87. The van der Waals surface area contributed by atoms with E-state index in [4.69, 9.17) is 4.74 Å². The molecule has 0 spiro atoms. The molecule has 3 aromatic rings. The van der Waals surface area contributed by atoms with Crippen molar-refractivity contribution >= 4 is 23.3 Å². The number of carboxylic acids is 1. The highest BCUT2D eigenvalue weighted by atomic mass is 16.5. The number of nitrogens with zero attached hydrogens (tertiary/aromatic N) is 1. The van der Waals surface area contributed by atoms with Crippen LogP contribution in [0.15, 0.2) is 60.7 Å². The van der Waals surface area contributed by atoms with Gasteiger partial charge in [-0.25, -0.2) is 4.79 Å². The fourth-order valence-corrected chi connectivity index (χ4v) is 4.04. The van der Waals surface area contributed by atoms with Crippen LogP contribution >= 0.6 is 0 Å². The van der Waals surface area contributed by atoms with E-state index in [-0.39, 0.29) is 22.6 Å². The first kappa shape index (κ1) is 22.2. The predicted molar refractivity (Wildman–Crippen MR) is 128 cm³/mol. The zero-order valence-corrected chi connectivity index (χ0v) is 18.4. The van der Waals surface area contributed by atoms with Crippen LogP contribution < -0.4 is 15.0 Å². The maximum atomic E-state index is 13.1. The monoisotopic (exact) mass is 446 g/mol. The molecule has 0 atom stereocenters. The zero-order chi connectivity index (χ0) is 23.4. The van der Waals surface area contributed by atoms with Crippen molar-refractivity contribution in [3.63, 3.8) is 0 Å². The van der Waals surface area contributed by atoms with Crippen molar-refractivity contribution in [2.45, 2.75) is 19.3 Å². The Morgan fingerprint density at radius 3 is 2.24 bits per heavy atom. The molecule has 7 heteroatoms. The number of amides is 1. The minimum Gasteiger partial charge on any atom is -0.507 e. The van der Waals surface area contributed by atoms with Crippen molar-refractivity contribution in [3.8, 4) is 22.6 Å². The third kappa shape index (κ3) is 4.92. The summed E-state index contributed by atoms with van der Waals surface area (Å²) in [4.78, 5) is 27.0. The first-order valence-electron chi connectivity index (χ1n) is 10.9. The molecule has 0 saturated carbocycles. The van der Waals surface area contributed by atoms with Gasteiger partial charge in [-0.15, -0.1) is 0 Å². The number of nitrogens with one attached hydrogen (secondary N) is 1.